The number of hydrogen-bond acceptors (Lipinski definition) is 2. The molecule has 1 aliphatic rings. The maximum absolute atomic E-state index is 13.3. The molecule has 1 N–H and O–H groups in total. The summed E-state index contributed by atoms with van der Waals surface area (Å²) in [5, 5.41) is 1.03. The van der Waals surface area contributed by atoms with Crippen LogP contribution >= 0.6 is 0 Å². The third-order valence-corrected chi connectivity index (χ3v) is 4.25. The van der Waals surface area contributed by atoms with Crippen molar-refractivity contribution in [2.24, 2.45) is 0 Å². The first-order valence-electron chi connectivity index (χ1n) is 7.39. The molecule has 2 aromatic rings. The SMILES string of the molecule is CN1CCN(CCCc2c[nH]c3ccc(F)cc23)CC1. The largest absolute Gasteiger partial charge is 0.361 e. The van der Waals surface area contributed by atoms with E-state index >= 15 is 0 Å². The highest BCUT2D eigenvalue weighted by Crippen LogP contribution is 2.20. The second-order valence-electron chi connectivity index (χ2n) is 5.75. The third-order valence-electron chi connectivity index (χ3n) is 4.25. The molecule has 3 rings (SSSR count). The number of H-pyrrole nitrogens is 1. The molecule has 0 amide bonds. The van der Waals surface area contributed by atoms with E-state index in [0.717, 1.165) is 43.4 Å². The fraction of sp³-hybridized carbons (Fsp3) is 0.500. The standard InChI is InChI=1S/C16H22FN3/c1-19-7-9-20(10-8-19)6-2-3-13-12-18-16-5-4-14(17)11-15(13)16/h4-5,11-12,18H,2-3,6-10H2,1H3. The van der Waals surface area contributed by atoms with Gasteiger partial charge in [0.25, 0.3) is 0 Å². The van der Waals surface area contributed by atoms with Crippen molar-refractivity contribution in [3.8, 4) is 0 Å². The summed E-state index contributed by atoms with van der Waals surface area (Å²) >= 11 is 0. The summed E-state index contributed by atoms with van der Waals surface area (Å²) < 4.78 is 13.3. The van der Waals surface area contributed by atoms with Crippen LogP contribution in [0.15, 0.2) is 24.4 Å². The number of aryl methyl sites for hydroxylation is 1. The van der Waals surface area contributed by atoms with Crippen molar-refractivity contribution in [3.05, 3.63) is 35.8 Å². The Bertz CT molecular complexity index is 570. The second-order valence-corrected chi connectivity index (χ2v) is 5.75. The summed E-state index contributed by atoms with van der Waals surface area (Å²) in [6.07, 6.45) is 4.16. The molecule has 1 aromatic heterocycles. The Morgan fingerprint density at radius 1 is 1.20 bits per heavy atom. The fourth-order valence-corrected chi connectivity index (χ4v) is 2.92. The van der Waals surface area contributed by atoms with Crippen LogP contribution in [0.3, 0.4) is 0 Å². The number of rotatable bonds is 4. The molecule has 0 unspecified atom stereocenters. The Morgan fingerprint density at radius 2 is 2.00 bits per heavy atom. The molecule has 1 fully saturated rings. The van der Waals surface area contributed by atoms with Crippen LogP contribution in [-0.2, 0) is 6.42 Å². The summed E-state index contributed by atoms with van der Waals surface area (Å²) in [5.41, 5.74) is 2.26. The topological polar surface area (TPSA) is 22.3 Å². The van der Waals surface area contributed by atoms with Gasteiger partial charge in [0.1, 0.15) is 5.82 Å². The quantitative estimate of drug-likeness (QED) is 0.926. The van der Waals surface area contributed by atoms with Crippen molar-refractivity contribution >= 4 is 10.9 Å². The molecule has 0 saturated carbocycles. The normalized spacial score (nSPS) is 17.9. The minimum atomic E-state index is -0.155. The van der Waals surface area contributed by atoms with Crippen molar-refractivity contribution in [1.82, 2.24) is 14.8 Å². The minimum Gasteiger partial charge on any atom is -0.361 e. The number of benzene rings is 1. The molecule has 1 aromatic carbocycles. The molecule has 4 heteroatoms. The number of halogens is 1. The van der Waals surface area contributed by atoms with Gasteiger partial charge in [-0.1, -0.05) is 0 Å². The van der Waals surface area contributed by atoms with Gasteiger partial charge in [0.05, 0.1) is 0 Å². The van der Waals surface area contributed by atoms with Gasteiger partial charge < -0.3 is 14.8 Å². The number of likely N-dealkylation sites (N-methyl/N-ethyl adjacent to an activating group) is 1. The van der Waals surface area contributed by atoms with Crippen LogP contribution in [0.4, 0.5) is 4.39 Å². The van der Waals surface area contributed by atoms with Gasteiger partial charge in [0.2, 0.25) is 0 Å². The number of fused-ring (bicyclic) bond motifs is 1. The van der Waals surface area contributed by atoms with Crippen LogP contribution in [0.1, 0.15) is 12.0 Å². The van der Waals surface area contributed by atoms with Gasteiger partial charge in [-0.2, -0.15) is 0 Å². The van der Waals surface area contributed by atoms with E-state index in [4.69, 9.17) is 0 Å². The molecule has 3 nitrogen and oxygen atoms in total. The highest BCUT2D eigenvalue weighted by Gasteiger charge is 2.13. The monoisotopic (exact) mass is 275 g/mol. The number of nitrogens with one attached hydrogen (secondary N) is 1. The molecule has 2 heterocycles. The smallest absolute Gasteiger partial charge is 0.123 e. The lowest BCUT2D eigenvalue weighted by atomic mass is 10.1. The molecule has 0 spiro atoms. The zero-order chi connectivity index (χ0) is 13.9. The van der Waals surface area contributed by atoms with E-state index in [2.05, 4.69) is 21.8 Å². The Morgan fingerprint density at radius 3 is 2.80 bits per heavy atom. The van der Waals surface area contributed by atoms with Gasteiger partial charge in [-0.05, 0) is 50.2 Å². The summed E-state index contributed by atoms with van der Waals surface area (Å²) in [6.45, 7) is 5.80. The van der Waals surface area contributed by atoms with Crippen molar-refractivity contribution in [1.29, 1.82) is 0 Å². The van der Waals surface area contributed by atoms with Crippen LogP contribution in [0, 0.1) is 5.82 Å². The molecule has 0 bridgehead atoms. The van der Waals surface area contributed by atoms with Crippen LogP contribution in [0.5, 0.6) is 0 Å². The molecule has 1 saturated heterocycles. The molecule has 108 valence electrons. The molecular formula is C16H22FN3. The van der Waals surface area contributed by atoms with Gasteiger partial charge in [0, 0.05) is 43.3 Å². The van der Waals surface area contributed by atoms with Gasteiger partial charge in [-0.15, -0.1) is 0 Å². The maximum Gasteiger partial charge on any atom is 0.123 e. The van der Waals surface area contributed by atoms with E-state index in [1.54, 1.807) is 6.07 Å². The lowest BCUT2D eigenvalue weighted by Crippen LogP contribution is -2.44. The predicted molar refractivity (Wildman–Crippen MR) is 80.5 cm³/mol. The summed E-state index contributed by atoms with van der Waals surface area (Å²) in [4.78, 5) is 8.12. The first-order valence-corrected chi connectivity index (χ1v) is 7.39. The van der Waals surface area contributed by atoms with Crippen molar-refractivity contribution < 1.29 is 4.39 Å². The molecule has 20 heavy (non-hydrogen) atoms. The Balaban J connectivity index is 1.56. The summed E-state index contributed by atoms with van der Waals surface area (Å²) in [6, 6.07) is 4.96. The van der Waals surface area contributed by atoms with Crippen LogP contribution in [0.2, 0.25) is 0 Å². The highest BCUT2D eigenvalue weighted by molar-refractivity contribution is 5.83. The number of hydrogen-bond donors (Lipinski definition) is 1. The van der Waals surface area contributed by atoms with Crippen molar-refractivity contribution in [2.45, 2.75) is 12.8 Å². The van der Waals surface area contributed by atoms with E-state index in [1.807, 2.05) is 12.3 Å². The first kappa shape index (κ1) is 13.6. The molecule has 0 aliphatic carbocycles. The van der Waals surface area contributed by atoms with E-state index < -0.39 is 0 Å². The summed E-state index contributed by atoms with van der Waals surface area (Å²) in [7, 11) is 2.18. The molecule has 1 aliphatic heterocycles. The average Bonchev–Trinajstić information content (AvgIpc) is 2.84. The zero-order valence-electron chi connectivity index (χ0n) is 12.0. The van der Waals surface area contributed by atoms with Crippen LogP contribution in [0.25, 0.3) is 10.9 Å². The van der Waals surface area contributed by atoms with Gasteiger partial charge in [-0.25, -0.2) is 4.39 Å². The molecular weight excluding hydrogens is 253 g/mol. The Hall–Kier alpha value is -1.39. The lowest BCUT2D eigenvalue weighted by molar-refractivity contribution is 0.153. The van der Waals surface area contributed by atoms with Crippen LogP contribution in [-0.4, -0.2) is 54.6 Å². The minimum absolute atomic E-state index is 0.155. The van der Waals surface area contributed by atoms with Crippen LogP contribution < -0.4 is 0 Å². The Labute approximate surface area is 119 Å². The summed E-state index contributed by atoms with van der Waals surface area (Å²) in [5.74, 6) is -0.155. The molecule has 0 radical (unpaired) electrons. The average molecular weight is 275 g/mol. The van der Waals surface area contributed by atoms with Gasteiger partial charge >= 0.3 is 0 Å². The second kappa shape index (κ2) is 5.94. The van der Waals surface area contributed by atoms with E-state index in [1.165, 1.54) is 24.7 Å². The van der Waals surface area contributed by atoms with E-state index in [0.29, 0.717) is 0 Å². The fourth-order valence-electron chi connectivity index (χ4n) is 2.92. The number of aromatic amines is 1. The van der Waals surface area contributed by atoms with E-state index in [-0.39, 0.29) is 5.82 Å². The van der Waals surface area contributed by atoms with Gasteiger partial charge in [0.15, 0.2) is 0 Å². The lowest BCUT2D eigenvalue weighted by Gasteiger charge is -2.32. The van der Waals surface area contributed by atoms with Crippen molar-refractivity contribution in [2.75, 3.05) is 39.8 Å². The van der Waals surface area contributed by atoms with Crippen molar-refractivity contribution in [3.63, 3.8) is 0 Å². The molecule has 0 atom stereocenters. The third kappa shape index (κ3) is 3.02. The van der Waals surface area contributed by atoms with Gasteiger partial charge in [-0.3, -0.25) is 0 Å². The van der Waals surface area contributed by atoms with E-state index in [9.17, 15) is 4.39 Å². The zero-order valence-corrected chi connectivity index (χ0v) is 12.0. The Kier molecular flexibility index (Phi) is 4.03. The first-order chi connectivity index (χ1) is 9.72. The number of aromatic nitrogens is 1. The predicted octanol–water partition coefficient (Wildman–Crippen LogP) is 2.49. The number of piperazine rings is 1. The number of nitrogens with zero attached hydrogens (tertiary/aromatic N) is 2. The highest BCUT2D eigenvalue weighted by atomic mass is 19.1. The maximum atomic E-state index is 13.3.